The quantitative estimate of drug-likeness (QED) is 0.164. The standard InChI is InChI=1S/C23H33NO9/c1-15(19(28)31-12-25)9-22(10-16(2)20(29)32-13-26)7-5-18-6-8-23(22,24(18)4)11-17(3)21(30)33-14-27/h18,25-27H,1-3,5-14H2,4H3/t18-,23+/m1/s1. The molecule has 2 fully saturated rings. The molecule has 0 radical (unpaired) electrons. The van der Waals surface area contributed by atoms with Gasteiger partial charge in [-0.3, -0.25) is 4.90 Å². The summed E-state index contributed by atoms with van der Waals surface area (Å²) < 4.78 is 14.1. The molecule has 0 amide bonds. The van der Waals surface area contributed by atoms with Crippen LogP contribution in [0.1, 0.15) is 44.9 Å². The van der Waals surface area contributed by atoms with Gasteiger partial charge in [-0.05, 0) is 57.4 Å². The van der Waals surface area contributed by atoms with Gasteiger partial charge in [-0.15, -0.1) is 0 Å². The van der Waals surface area contributed by atoms with E-state index in [1.807, 2.05) is 7.05 Å². The van der Waals surface area contributed by atoms with Crippen molar-refractivity contribution in [1.29, 1.82) is 0 Å². The van der Waals surface area contributed by atoms with Crippen molar-refractivity contribution >= 4 is 17.9 Å². The van der Waals surface area contributed by atoms with Crippen molar-refractivity contribution in [2.45, 2.75) is 56.5 Å². The molecule has 2 heterocycles. The fourth-order valence-electron chi connectivity index (χ4n) is 5.62. The van der Waals surface area contributed by atoms with Crippen LogP contribution < -0.4 is 0 Å². The average molecular weight is 468 g/mol. The minimum Gasteiger partial charge on any atom is -0.435 e. The molecule has 2 aliphatic rings. The molecule has 33 heavy (non-hydrogen) atoms. The lowest BCUT2D eigenvalue weighted by Gasteiger charge is -2.57. The molecule has 10 nitrogen and oxygen atoms in total. The highest BCUT2D eigenvalue weighted by Crippen LogP contribution is 2.61. The van der Waals surface area contributed by atoms with Gasteiger partial charge in [-0.2, -0.15) is 0 Å². The summed E-state index contributed by atoms with van der Waals surface area (Å²) >= 11 is 0. The molecule has 10 heteroatoms. The topological polar surface area (TPSA) is 143 Å². The van der Waals surface area contributed by atoms with Crippen LogP contribution in [0.15, 0.2) is 36.5 Å². The number of nitrogens with zero attached hydrogens (tertiary/aromatic N) is 1. The third kappa shape index (κ3) is 5.35. The first kappa shape index (κ1) is 26.7. The van der Waals surface area contributed by atoms with Crippen LogP contribution in [-0.4, -0.2) is 77.1 Å². The summed E-state index contributed by atoms with van der Waals surface area (Å²) in [5.74, 6) is -2.27. The number of aliphatic hydroxyl groups excluding tert-OH is 3. The molecule has 0 spiro atoms. The van der Waals surface area contributed by atoms with Gasteiger partial charge in [0, 0.05) is 28.3 Å². The van der Waals surface area contributed by atoms with Crippen molar-refractivity contribution in [3.8, 4) is 0 Å². The van der Waals surface area contributed by atoms with Crippen molar-refractivity contribution in [3.05, 3.63) is 36.5 Å². The van der Waals surface area contributed by atoms with Crippen LogP contribution in [0.4, 0.5) is 0 Å². The average Bonchev–Trinajstić information content (AvgIpc) is 2.99. The van der Waals surface area contributed by atoms with E-state index in [1.54, 1.807) is 0 Å². The highest BCUT2D eigenvalue weighted by atomic mass is 16.6. The maximum Gasteiger partial charge on any atom is 0.335 e. The van der Waals surface area contributed by atoms with Crippen LogP contribution in [0.2, 0.25) is 0 Å². The molecule has 2 aliphatic heterocycles. The van der Waals surface area contributed by atoms with Gasteiger partial charge in [-0.25, -0.2) is 14.4 Å². The van der Waals surface area contributed by atoms with E-state index in [0.717, 1.165) is 12.8 Å². The molecule has 0 aromatic heterocycles. The maximum absolute atomic E-state index is 12.3. The van der Waals surface area contributed by atoms with Gasteiger partial charge >= 0.3 is 17.9 Å². The van der Waals surface area contributed by atoms with Crippen LogP contribution in [0.3, 0.4) is 0 Å². The number of aliphatic hydroxyl groups is 3. The molecule has 2 atom stereocenters. The van der Waals surface area contributed by atoms with Gasteiger partial charge < -0.3 is 29.5 Å². The van der Waals surface area contributed by atoms with Crippen molar-refractivity contribution in [2.24, 2.45) is 5.41 Å². The van der Waals surface area contributed by atoms with Crippen LogP contribution in [0, 0.1) is 5.41 Å². The Morgan fingerprint density at radius 3 is 1.61 bits per heavy atom. The van der Waals surface area contributed by atoms with Crippen molar-refractivity contribution in [2.75, 3.05) is 27.4 Å². The highest BCUT2D eigenvalue weighted by molar-refractivity contribution is 5.89. The number of ether oxygens (including phenoxy) is 3. The predicted octanol–water partition coefficient (Wildman–Crippen LogP) is 0.917. The number of rotatable bonds is 12. The molecular weight excluding hydrogens is 434 g/mol. The summed E-state index contributed by atoms with van der Waals surface area (Å²) in [4.78, 5) is 39.1. The molecular formula is C23H33NO9. The molecule has 0 aliphatic carbocycles. The third-order valence-corrected chi connectivity index (χ3v) is 7.12. The largest absolute Gasteiger partial charge is 0.435 e. The summed E-state index contributed by atoms with van der Waals surface area (Å²) in [5.41, 5.74) is -1.15. The molecule has 0 aromatic carbocycles. The Morgan fingerprint density at radius 1 is 0.788 bits per heavy atom. The first-order chi connectivity index (χ1) is 15.6. The number of fused-ring (bicyclic) bond motifs is 2. The zero-order valence-electron chi connectivity index (χ0n) is 19.0. The number of hydrogen-bond donors (Lipinski definition) is 3. The van der Waals surface area contributed by atoms with Gasteiger partial charge in [0.1, 0.15) is 0 Å². The zero-order valence-corrected chi connectivity index (χ0v) is 19.0. The Bertz CT molecular complexity index is 789. The van der Waals surface area contributed by atoms with Gasteiger partial charge in [0.15, 0.2) is 20.4 Å². The SMILES string of the molecule is C=C(CC1(CC(=C)C(=O)OCO)CC[C@@H]2CC[C@@]1(CC(=C)C(=O)OCO)N2C)C(=O)OCO. The summed E-state index contributed by atoms with van der Waals surface area (Å²) in [7, 11) is 1.93. The second-order valence-electron chi connectivity index (χ2n) is 8.68. The molecule has 0 unspecified atom stereocenters. The fourth-order valence-corrected chi connectivity index (χ4v) is 5.62. The number of esters is 3. The van der Waals surface area contributed by atoms with E-state index in [4.69, 9.17) is 29.5 Å². The van der Waals surface area contributed by atoms with Gasteiger partial charge in [0.05, 0.1) is 0 Å². The molecule has 2 bridgehead atoms. The second-order valence-corrected chi connectivity index (χ2v) is 8.68. The Balaban J connectivity index is 2.52. The molecule has 2 rings (SSSR count). The van der Waals surface area contributed by atoms with Gasteiger partial charge in [0.25, 0.3) is 0 Å². The molecule has 184 valence electrons. The Hall–Kier alpha value is -2.53. The van der Waals surface area contributed by atoms with Crippen LogP contribution in [0.25, 0.3) is 0 Å². The Kier molecular flexibility index (Phi) is 8.96. The number of piperidine rings is 1. The van der Waals surface area contributed by atoms with Crippen LogP contribution in [0.5, 0.6) is 0 Å². The lowest BCUT2D eigenvalue weighted by Crippen LogP contribution is -2.61. The Labute approximate surface area is 193 Å². The lowest BCUT2D eigenvalue weighted by atomic mass is 9.57. The monoisotopic (exact) mass is 467 g/mol. The highest BCUT2D eigenvalue weighted by Gasteiger charge is 2.61. The van der Waals surface area contributed by atoms with E-state index in [2.05, 4.69) is 24.6 Å². The number of hydrogen-bond acceptors (Lipinski definition) is 10. The smallest absolute Gasteiger partial charge is 0.335 e. The summed E-state index contributed by atoms with van der Waals surface area (Å²) in [6.07, 6.45) is 3.22. The summed E-state index contributed by atoms with van der Waals surface area (Å²) in [6, 6.07) is 0.232. The van der Waals surface area contributed by atoms with E-state index in [-0.39, 0.29) is 42.0 Å². The lowest BCUT2D eigenvalue weighted by molar-refractivity contribution is -0.151. The van der Waals surface area contributed by atoms with Crippen molar-refractivity contribution in [3.63, 3.8) is 0 Å². The van der Waals surface area contributed by atoms with Crippen LogP contribution in [-0.2, 0) is 28.6 Å². The number of carbonyl (C=O) groups excluding carboxylic acids is 3. The van der Waals surface area contributed by atoms with Crippen LogP contribution >= 0.6 is 0 Å². The maximum atomic E-state index is 12.3. The van der Waals surface area contributed by atoms with Crippen molar-refractivity contribution < 1.29 is 43.9 Å². The first-order valence-electron chi connectivity index (χ1n) is 10.7. The van der Waals surface area contributed by atoms with E-state index in [9.17, 15) is 14.4 Å². The van der Waals surface area contributed by atoms with Gasteiger partial charge in [0.2, 0.25) is 0 Å². The third-order valence-electron chi connectivity index (χ3n) is 7.12. The second kappa shape index (κ2) is 11.1. The van der Waals surface area contributed by atoms with E-state index in [1.165, 1.54) is 0 Å². The number of carbonyl (C=O) groups is 3. The normalized spacial score (nSPS) is 23.5. The first-order valence-corrected chi connectivity index (χ1v) is 10.7. The Morgan fingerprint density at radius 2 is 1.18 bits per heavy atom. The van der Waals surface area contributed by atoms with Gasteiger partial charge in [-0.1, -0.05) is 19.7 Å². The summed E-state index contributed by atoms with van der Waals surface area (Å²) in [5, 5.41) is 26.9. The molecule has 2 saturated heterocycles. The molecule has 3 N–H and O–H groups in total. The molecule has 0 saturated carbocycles. The molecule has 0 aromatic rings. The van der Waals surface area contributed by atoms with E-state index >= 15 is 0 Å². The fraction of sp³-hybridized carbons (Fsp3) is 0.609. The minimum absolute atomic E-state index is 0.106. The van der Waals surface area contributed by atoms with E-state index < -0.39 is 49.2 Å². The van der Waals surface area contributed by atoms with E-state index in [0.29, 0.717) is 12.8 Å². The minimum atomic E-state index is -0.797. The summed E-state index contributed by atoms with van der Waals surface area (Å²) in [6.45, 7) is 9.19. The zero-order chi connectivity index (χ0) is 24.8. The van der Waals surface area contributed by atoms with Crippen molar-refractivity contribution in [1.82, 2.24) is 4.90 Å². The predicted molar refractivity (Wildman–Crippen MR) is 116 cm³/mol.